The SMILES string of the molecule is Cc1ccc(S(=O)(=O)NCCNC(=O)c2cccnc2Sc2ccc(C)c(C)c2)cc1. The number of carbonyl (C=O) groups is 1. The molecule has 0 saturated carbocycles. The monoisotopic (exact) mass is 455 g/mol. The molecular formula is C23H25N3O3S2. The highest BCUT2D eigenvalue weighted by Crippen LogP contribution is 2.29. The Morgan fingerprint density at radius 2 is 1.71 bits per heavy atom. The molecule has 0 atom stereocenters. The van der Waals surface area contributed by atoms with Crippen LogP contribution in [0, 0.1) is 20.8 Å². The molecule has 1 aromatic heterocycles. The molecule has 0 unspecified atom stereocenters. The molecule has 1 amide bonds. The quantitative estimate of drug-likeness (QED) is 0.504. The Bertz CT molecular complexity index is 1180. The molecule has 0 saturated heterocycles. The minimum absolute atomic E-state index is 0.0852. The summed E-state index contributed by atoms with van der Waals surface area (Å²) in [4.78, 5) is 18.2. The van der Waals surface area contributed by atoms with Gasteiger partial charge in [0.25, 0.3) is 5.91 Å². The third kappa shape index (κ3) is 6.16. The molecular weight excluding hydrogens is 430 g/mol. The highest BCUT2D eigenvalue weighted by molar-refractivity contribution is 7.99. The van der Waals surface area contributed by atoms with E-state index in [0.29, 0.717) is 10.6 Å². The molecule has 2 N–H and O–H groups in total. The van der Waals surface area contributed by atoms with E-state index < -0.39 is 10.0 Å². The van der Waals surface area contributed by atoms with Gasteiger partial charge in [0.05, 0.1) is 10.5 Å². The molecule has 6 nitrogen and oxygen atoms in total. The van der Waals surface area contributed by atoms with Crippen molar-refractivity contribution >= 4 is 27.7 Å². The summed E-state index contributed by atoms with van der Waals surface area (Å²) in [5, 5.41) is 3.36. The van der Waals surface area contributed by atoms with Gasteiger partial charge in [-0.1, -0.05) is 35.5 Å². The van der Waals surface area contributed by atoms with E-state index in [2.05, 4.69) is 28.0 Å². The number of sulfonamides is 1. The van der Waals surface area contributed by atoms with Gasteiger partial charge in [0.15, 0.2) is 0 Å². The molecule has 1 heterocycles. The Kier molecular flexibility index (Phi) is 7.48. The highest BCUT2D eigenvalue weighted by Gasteiger charge is 2.15. The molecule has 0 fully saturated rings. The standard InChI is InChI=1S/C23H25N3O3S2/c1-16-6-10-20(11-7-16)31(28,29)26-14-13-24-22(27)21-5-4-12-25-23(21)30-19-9-8-17(2)18(3)15-19/h4-12,15,26H,13-14H2,1-3H3,(H,24,27). The summed E-state index contributed by atoms with van der Waals surface area (Å²) in [5.41, 5.74) is 3.81. The molecule has 0 aliphatic carbocycles. The van der Waals surface area contributed by atoms with Crippen LogP contribution in [0.3, 0.4) is 0 Å². The van der Waals surface area contributed by atoms with Crippen LogP contribution in [0.1, 0.15) is 27.0 Å². The van der Waals surface area contributed by atoms with E-state index >= 15 is 0 Å². The number of nitrogens with zero attached hydrogens (tertiary/aromatic N) is 1. The van der Waals surface area contributed by atoms with Crippen molar-refractivity contribution in [2.75, 3.05) is 13.1 Å². The highest BCUT2D eigenvalue weighted by atomic mass is 32.2. The number of nitrogens with one attached hydrogen (secondary N) is 2. The lowest BCUT2D eigenvalue weighted by molar-refractivity contribution is 0.0950. The van der Waals surface area contributed by atoms with E-state index in [1.807, 2.05) is 26.0 Å². The first-order valence-electron chi connectivity index (χ1n) is 9.81. The Morgan fingerprint density at radius 3 is 2.42 bits per heavy atom. The summed E-state index contributed by atoms with van der Waals surface area (Å²) in [6, 6.07) is 16.1. The van der Waals surface area contributed by atoms with Crippen molar-refractivity contribution in [2.45, 2.75) is 35.6 Å². The average Bonchev–Trinajstić information content (AvgIpc) is 2.74. The summed E-state index contributed by atoms with van der Waals surface area (Å²) in [6.07, 6.45) is 1.65. The zero-order chi connectivity index (χ0) is 22.4. The van der Waals surface area contributed by atoms with Crippen LogP contribution in [0.4, 0.5) is 0 Å². The van der Waals surface area contributed by atoms with Crippen molar-refractivity contribution < 1.29 is 13.2 Å². The fourth-order valence-electron chi connectivity index (χ4n) is 2.79. The van der Waals surface area contributed by atoms with E-state index in [1.165, 1.54) is 22.9 Å². The van der Waals surface area contributed by atoms with E-state index in [9.17, 15) is 13.2 Å². The van der Waals surface area contributed by atoms with Gasteiger partial charge in [-0.25, -0.2) is 18.1 Å². The first-order valence-corrected chi connectivity index (χ1v) is 12.1. The predicted octanol–water partition coefficient (Wildman–Crippen LogP) is 3.87. The third-order valence-corrected chi connectivity index (χ3v) is 7.23. The van der Waals surface area contributed by atoms with Gasteiger partial charge in [-0.15, -0.1) is 0 Å². The minimum Gasteiger partial charge on any atom is -0.351 e. The maximum Gasteiger partial charge on any atom is 0.254 e. The molecule has 3 aromatic rings. The van der Waals surface area contributed by atoms with Gasteiger partial charge < -0.3 is 5.32 Å². The number of amides is 1. The van der Waals surface area contributed by atoms with Crippen LogP contribution < -0.4 is 10.0 Å². The van der Waals surface area contributed by atoms with Gasteiger partial charge in [-0.3, -0.25) is 4.79 Å². The number of hydrogen-bond acceptors (Lipinski definition) is 5. The van der Waals surface area contributed by atoms with Crippen molar-refractivity contribution in [3.63, 3.8) is 0 Å². The van der Waals surface area contributed by atoms with Gasteiger partial charge in [-0.2, -0.15) is 0 Å². The van der Waals surface area contributed by atoms with Crippen LogP contribution >= 0.6 is 11.8 Å². The van der Waals surface area contributed by atoms with Gasteiger partial charge in [-0.05, 0) is 68.3 Å². The van der Waals surface area contributed by atoms with Gasteiger partial charge in [0, 0.05) is 24.2 Å². The van der Waals surface area contributed by atoms with Crippen LogP contribution in [0.5, 0.6) is 0 Å². The zero-order valence-electron chi connectivity index (χ0n) is 17.7. The molecule has 2 aromatic carbocycles. The lowest BCUT2D eigenvalue weighted by Crippen LogP contribution is -2.35. The molecule has 162 valence electrons. The van der Waals surface area contributed by atoms with Crippen LogP contribution in [-0.4, -0.2) is 32.4 Å². The van der Waals surface area contributed by atoms with Crippen molar-refractivity contribution in [2.24, 2.45) is 0 Å². The minimum atomic E-state index is -3.61. The first-order chi connectivity index (χ1) is 14.8. The summed E-state index contributed by atoms with van der Waals surface area (Å²) in [6.45, 7) is 6.23. The molecule has 0 aliphatic heterocycles. The fraction of sp³-hybridized carbons (Fsp3) is 0.217. The van der Waals surface area contributed by atoms with E-state index in [1.54, 1.807) is 42.6 Å². The van der Waals surface area contributed by atoms with Gasteiger partial charge >= 0.3 is 0 Å². The van der Waals surface area contributed by atoms with E-state index in [0.717, 1.165) is 10.5 Å². The van der Waals surface area contributed by atoms with Crippen molar-refractivity contribution in [3.05, 3.63) is 83.0 Å². The predicted molar refractivity (Wildman–Crippen MR) is 123 cm³/mol. The van der Waals surface area contributed by atoms with Crippen molar-refractivity contribution in [3.8, 4) is 0 Å². The third-order valence-electron chi connectivity index (χ3n) is 4.74. The number of hydrogen-bond donors (Lipinski definition) is 2. The van der Waals surface area contributed by atoms with Crippen LogP contribution in [-0.2, 0) is 10.0 Å². The van der Waals surface area contributed by atoms with Crippen LogP contribution in [0.15, 0.2) is 75.6 Å². The number of benzene rings is 2. The topological polar surface area (TPSA) is 88.2 Å². The Morgan fingerprint density at radius 1 is 0.968 bits per heavy atom. The normalized spacial score (nSPS) is 11.3. The molecule has 31 heavy (non-hydrogen) atoms. The average molecular weight is 456 g/mol. The van der Waals surface area contributed by atoms with Crippen molar-refractivity contribution in [1.82, 2.24) is 15.0 Å². The number of carbonyl (C=O) groups excluding carboxylic acids is 1. The maximum atomic E-state index is 12.7. The molecule has 8 heteroatoms. The van der Waals surface area contributed by atoms with E-state index in [-0.39, 0.29) is 23.9 Å². The Labute approximate surface area is 187 Å². The summed E-state index contributed by atoms with van der Waals surface area (Å²) < 4.78 is 27.2. The number of pyridine rings is 1. The summed E-state index contributed by atoms with van der Waals surface area (Å²) in [5.74, 6) is -0.297. The van der Waals surface area contributed by atoms with Gasteiger partial charge in [0.2, 0.25) is 10.0 Å². The Balaban J connectivity index is 1.59. The first kappa shape index (κ1) is 23.0. The lowest BCUT2D eigenvalue weighted by Gasteiger charge is -2.11. The van der Waals surface area contributed by atoms with E-state index in [4.69, 9.17) is 0 Å². The fourth-order valence-corrected chi connectivity index (χ4v) is 4.80. The number of aromatic nitrogens is 1. The van der Waals surface area contributed by atoms with Crippen LogP contribution in [0.2, 0.25) is 0 Å². The van der Waals surface area contributed by atoms with Gasteiger partial charge in [0.1, 0.15) is 5.03 Å². The second-order valence-electron chi connectivity index (χ2n) is 7.17. The largest absolute Gasteiger partial charge is 0.351 e. The number of rotatable bonds is 8. The maximum absolute atomic E-state index is 12.7. The Hall–Kier alpha value is -2.68. The van der Waals surface area contributed by atoms with Crippen molar-refractivity contribution in [1.29, 1.82) is 0 Å². The molecule has 3 rings (SSSR count). The summed E-state index contributed by atoms with van der Waals surface area (Å²) >= 11 is 1.42. The number of aryl methyl sites for hydroxylation is 3. The molecule has 0 bridgehead atoms. The molecule has 0 aliphatic rings. The van der Waals surface area contributed by atoms with Crippen LogP contribution in [0.25, 0.3) is 0 Å². The summed E-state index contributed by atoms with van der Waals surface area (Å²) in [7, 11) is -3.61. The lowest BCUT2D eigenvalue weighted by atomic mass is 10.1. The second kappa shape index (κ2) is 10.1. The molecule has 0 radical (unpaired) electrons. The second-order valence-corrected chi connectivity index (χ2v) is 10.0. The zero-order valence-corrected chi connectivity index (χ0v) is 19.3. The smallest absolute Gasteiger partial charge is 0.254 e. The molecule has 0 spiro atoms.